The van der Waals surface area contributed by atoms with Crippen molar-refractivity contribution >= 4 is 21.9 Å². The van der Waals surface area contributed by atoms with E-state index in [1.165, 1.54) is 66.8 Å². The van der Waals surface area contributed by atoms with Crippen molar-refractivity contribution < 1.29 is 4.42 Å². The second-order valence-corrected chi connectivity index (χ2v) is 18.3. The molecule has 0 saturated carbocycles. The van der Waals surface area contributed by atoms with Crippen molar-refractivity contribution in [3.05, 3.63) is 299 Å². The van der Waals surface area contributed by atoms with E-state index in [2.05, 4.69) is 243 Å². The number of furan rings is 1. The van der Waals surface area contributed by atoms with Gasteiger partial charge in [-0.3, -0.25) is 0 Å². The van der Waals surface area contributed by atoms with Gasteiger partial charge in [0.2, 0.25) is 0 Å². The van der Waals surface area contributed by atoms with Gasteiger partial charge in [-0.15, -0.1) is 0 Å². The van der Waals surface area contributed by atoms with Crippen molar-refractivity contribution in [2.75, 3.05) is 0 Å². The molecule has 0 N–H and O–H groups in total. The SMILES string of the molecule is c1ccc(C2(c3ccccc3)c3ccccc3-c3c(-c4cc(-c5cccc6c5oc5ccccc56)nc(-c5cccc6c5C(c5ccccc5)(c5ccccc5)c5ccccc5-6)n4)cccc32)cc1. The quantitative estimate of drug-likeness (QED) is 0.160. The maximum atomic E-state index is 6.78. The Balaban J connectivity index is 1.10. The van der Waals surface area contributed by atoms with E-state index in [4.69, 9.17) is 14.4 Å². The summed E-state index contributed by atoms with van der Waals surface area (Å²) in [5.74, 6) is 0.651. The molecule has 0 fully saturated rings. The molecule has 0 radical (unpaired) electrons. The lowest BCUT2D eigenvalue weighted by molar-refractivity contribution is 0.670. The number of para-hydroxylation sites is 2. The molecule has 0 aliphatic heterocycles. The second-order valence-electron chi connectivity index (χ2n) is 18.3. The molecule has 0 unspecified atom stereocenters. The molecule has 0 bridgehead atoms. The number of benzene rings is 10. The van der Waals surface area contributed by atoms with Crippen molar-refractivity contribution in [2.24, 2.45) is 0 Å². The van der Waals surface area contributed by atoms with Crippen LogP contribution in [0.1, 0.15) is 44.5 Å². The highest BCUT2D eigenvalue weighted by Crippen LogP contribution is 2.60. The highest BCUT2D eigenvalue weighted by molar-refractivity contribution is 6.09. The predicted molar refractivity (Wildman–Crippen MR) is 280 cm³/mol. The van der Waals surface area contributed by atoms with E-state index in [0.29, 0.717) is 5.82 Å². The molecule has 2 aromatic heterocycles. The molecular weight excluding hydrogens is 837 g/mol. The first-order valence-corrected chi connectivity index (χ1v) is 23.7. The normalized spacial score (nSPS) is 13.7. The average molecular weight is 879 g/mol. The maximum absolute atomic E-state index is 6.78. The molecule has 10 aromatic carbocycles. The number of hydrogen-bond donors (Lipinski definition) is 0. The number of rotatable bonds is 7. The highest BCUT2D eigenvalue weighted by atomic mass is 16.3. The first-order chi connectivity index (χ1) is 34.2. The topological polar surface area (TPSA) is 38.9 Å². The van der Waals surface area contributed by atoms with Crippen LogP contribution in [0.5, 0.6) is 0 Å². The van der Waals surface area contributed by atoms with Gasteiger partial charge >= 0.3 is 0 Å². The van der Waals surface area contributed by atoms with Crippen LogP contribution < -0.4 is 0 Å². The Labute approximate surface area is 400 Å². The van der Waals surface area contributed by atoms with Gasteiger partial charge in [0.15, 0.2) is 5.82 Å². The minimum absolute atomic E-state index is 0.569. The summed E-state index contributed by atoms with van der Waals surface area (Å²) in [6.45, 7) is 0. The largest absolute Gasteiger partial charge is 0.455 e. The molecule has 3 heteroatoms. The zero-order valence-electron chi connectivity index (χ0n) is 37.6. The molecular formula is C66H42N2O. The summed E-state index contributed by atoms with van der Waals surface area (Å²) in [5.41, 5.74) is 19.4. The van der Waals surface area contributed by atoms with Crippen molar-refractivity contribution in [3.63, 3.8) is 0 Å². The Hall–Kier alpha value is -8.92. The minimum atomic E-state index is -0.665. The lowest BCUT2D eigenvalue weighted by atomic mass is 9.66. The van der Waals surface area contributed by atoms with E-state index in [-0.39, 0.29) is 0 Å². The van der Waals surface area contributed by atoms with Crippen LogP contribution in [-0.4, -0.2) is 9.97 Å². The molecule has 0 spiro atoms. The molecule has 3 nitrogen and oxygen atoms in total. The molecule has 2 aliphatic rings. The monoisotopic (exact) mass is 878 g/mol. The zero-order valence-corrected chi connectivity index (χ0v) is 37.6. The molecule has 0 atom stereocenters. The molecule has 2 aliphatic carbocycles. The Bertz CT molecular complexity index is 3870. The Morgan fingerprint density at radius 1 is 0.304 bits per heavy atom. The van der Waals surface area contributed by atoms with Crippen molar-refractivity contribution in [1.29, 1.82) is 0 Å². The lowest BCUT2D eigenvalue weighted by Crippen LogP contribution is -2.29. The fraction of sp³-hybridized carbons (Fsp3) is 0.0303. The van der Waals surface area contributed by atoms with E-state index >= 15 is 0 Å². The molecule has 0 saturated heterocycles. The zero-order chi connectivity index (χ0) is 45.5. The van der Waals surface area contributed by atoms with E-state index in [0.717, 1.165) is 50.0 Å². The third kappa shape index (κ3) is 5.56. The van der Waals surface area contributed by atoms with Crippen LogP contribution in [0.4, 0.5) is 0 Å². The predicted octanol–water partition coefficient (Wildman–Crippen LogP) is 16.1. The van der Waals surface area contributed by atoms with Crippen LogP contribution in [0.25, 0.3) is 78.1 Å². The molecule has 69 heavy (non-hydrogen) atoms. The average Bonchev–Trinajstić information content (AvgIpc) is 4.07. The summed E-state index contributed by atoms with van der Waals surface area (Å²) in [6.07, 6.45) is 0. The fourth-order valence-electron chi connectivity index (χ4n) is 12.2. The lowest BCUT2D eigenvalue weighted by Gasteiger charge is -2.35. The minimum Gasteiger partial charge on any atom is -0.455 e. The molecule has 0 amide bonds. The van der Waals surface area contributed by atoms with Crippen LogP contribution in [-0.2, 0) is 10.8 Å². The fourth-order valence-corrected chi connectivity index (χ4v) is 12.2. The van der Waals surface area contributed by atoms with Gasteiger partial charge in [-0.1, -0.05) is 237 Å². The van der Waals surface area contributed by atoms with Gasteiger partial charge in [0.25, 0.3) is 0 Å². The van der Waals surface area contributed by atoms with Crippen LogP contribution >= 0.6 is 0 Å². The molecule has 322 valence electrons. The second kappa shape index (κ2) is 15.3. The Kier molecular flexibility index (Phi) is 8.71. The Morgan fingerprint density at radius 3 is 1.41 bits per heavy atom. The van der Waals surface area contributed by atoms with E-state index in [1.54, 1.807) is 0 Å². The van der Waals surface area contributed by atoms with Crippen molar-refractivity contribution in [3.8, 4) is 56.2 Å². The van der Waals surface area contributed by atoms with E-state index in [9.17, 15) is 0 Å². The third-order valence-corrected chi connectivity index (χ3v) is 14.9. The van der Waals surface area contributed by atoms with Gasteiger partial charge in [0, 0.05) is 27.5 Å². The van der Waals surface area contributed by atoms with Crippen molar-refractivity contribution in [2.45, 2.75) is 10.8 Å². The van der Waals surface area contributed by atoms with E-state index < -0.39 is 10.8 Å². The van der Waals surface area contributed by atoms with Crippen LogP contribution in [0.15, 0.2) is 259 Å². The number of hydrogen-bond acceptors (Lipinski definition) is 3. The number of aromatic nitrogens is 2. The van der Waals surface area contributed by atoms with Gasteiger partial charge in [-0.25, -0.2) is 9.97 Å². The van der Waals surface area contributed by atoms with Crippen LogP contribution in [0, 0.1) is 0 Å². The standard InChI is InChI=1S/C66H42N2O/c1-5-22-43(23-6-1)65(44-24-7-2-8-25-44)56-39-17-14-32-51(56)61-52(35-21-40-57(61)65)58-42-59(53-36-20-34-50-48-31-15-18-41-60(48)69-63(50)53)68-64(67-58)54-37-19-33-49-47-30-13-16-38-55(47)66(62(49)54,45-26-9-3-10-27-45)46-28-11-4-12-29-46/h1-42H. The summed E-state index contributed by atoms with van der Waals surface area (Å²) in [4.78, 5) is 11.5. The number of nitrogens with zero attached hydrogens (tertiary/aromatic N) is 2. The molecule has 2 heterocycles. The Morgan fingerprint density at radius 2 is 0.739 bits per heavy atom. The third-order valence-electron chi connectivity index (χ3n) is 14.9. The van der Waals surface area contributed by atoms with Crippen LogP contribution in [0.2, 0.25) is 0 Å². The molecule has 14 rings (SSSR count). The van der Waals surface area contributed by atoms with Gasteiger partial charge < -0.3 is 4.42 Å². The summed E-state index contributed by atoms with van der Waals surface area (Å²) in [5, 5.41) is 2.13. The highest BCUT2D eigenvalue weighted by Gasteiger charge is 2.49. The van der Waals surface area contributed by atoms with Gasteiger partial charge in [-0.2, -0.15) is 0 Å². The van der Waals surface area contributed by atoms with Gasteiger partial charge in [-0.05, 0) is 85.0 Å². The summed E-state index contributed by atoms with van der Waals surface area (Å²) < 4.78 is 6.78. The van der Waals surface area contributed by atoms with E-state index in [1.807, 2.05) is 12.1 Å². The first kappa shape index (κ1) is 39.3. The maximum Gasteiger partial charge on any atom is 0.160 e. The van der Waals surface area contributed by atoms with Crippen LogP contribution in [0.3, 0.4) is 0 Å². The summed E-state index contributed by atoms with van der Waals surface area (Å²) >= 11 is 0. The first-order valence-electron chi connectivity index (χ1n) is 23.7. The van der Waals surface area contributed by atoms with Gasteiger partial charge in [0.1, 0.15) is 11.2 Å². The number of fused-ring (bicyclic) bond motifs is 9. The smallest absolute Gasteiger partial charge is 0.160 e. The summed E-state index contributed by atoms with van der Waals surface area (Å²) in [6, 6.07) is 92.1. The molecule has 12 aromatic rings. The summed E-state index contributed by atoms with van der Waals surface area (Å²) in [7, 11) is 0. The van der Waals surface area contributed by atoms with Gasteiger partial charge in [0.05, 0.1) is 22.2 Å². The van der Waals surface area contributed by atoms with Crippen molar-refractivity contribution in [1.82, 2.24) is 9.97 Å².